The van der Waals surface area contributed by atoms with Crippen molar-refractivity contribution >= 4 is 11.8 Å². The summed E-state index contributed by atoms with van der Waals surface area (Å²) in [6.45, 7) is 8.16. The second kappa shape index (κ2) is 10.6. The topological polar surface area (TPSA) is 58.6 Å². The van der Waals surface area contributed by atoms with Gasteiger partial charge in [-0.25, -0.2) is 0 Å². The molecule has 0 heterocycles. The lowest BCUT2D eigenvalue weighted by atomic mass is 10.0. The first-order valence-electron chi connectivity index (χ1n) is 10.1. The van der Waals surface area contributed by atoms with Crippen molar-refractivity contribution in [3.05, 3.63) is 65.2 Å². The zero-order valence-electron chi connectivity index (χ0n) is 18.1. The molecule has 0 fully saturated rings. The Hall–Kier alpha value is -2.82. The van der Waals surface area contributed by atoms with Crippen molar-refractivity contribution in [2.75, 3.05) is 7.11 Å². The van der Waals surface area contributed by atoms with Crippen molar-refractivity contribution in [2.24, 2.45) is 0 Å². The highest BCUT2D eigenvalue weighted by atomic mass is 16.5. The maximum atomic E-state index is 13.3. The number of aryl methyl sites for hydroxylation is 1. The normalized spacial score (nSPS) is 11.8. The number of ether oxygens (including phenoxy) is 1. The van der Waals surface area contributed by atoms with Gasteiger partial charge in [0.15, 0.2) is 0 Å². The number of carbonyl (C=O) groups is 2. The Labute approximate surface area is 174 Å². The van der Waals surface area contributed by atoms with E-state index >= 15 is 0 Å². The zero-order valence-corrected chi connectivity index (χ0v) is 18.1. The highest BCUT2D eigenvalue weighted by Gasteiger charge is 2.29. The minimum atomic E-state index is -0.518. The van der Waals surface area contributed by atoms with E-state index in [4.69, 9.17) is 4.74 Å². The van der Waals surface area contributed by atoms with E-state index < -0.39 is 6.04 Å². The molecule has 5 heteroatoms. The fourth-order valence-electron chi connectivity index (χ4n) is 3.30. The quantitative estimate of drug-likeness (QED) is 0.700. The third-order valence-electron chi connectivity index (χ3n) is 4.93. The van der Waals surface area contributed by atoms with E-state index in [1.54, 1.807) is 12.0 Å². The van der Waals surface area contributed by atoms with Crippen molar-refractivity contribution in [1.82, 2.24) is 10.2 Å². The number of nitrogens with one attached hydrogen (secondary N) is 1. The molecular weight excluding hydrogens is 364 g/mol. The van der Waals surface area contributed by atoms with Gasteiger partial charge < -0.3 is 15.0 Å². The maximum Gasteiger partial charge on any atom is 0.243 e. The van der Waals surface area contributed by atoms with Crippen LogP contribution in [0.2, 0.25) is 0 Å². The van der Waals surface area contributed by atoms with Gasteiger partial charge in [-0.3, -0.25) is 9.59 Å². The van der Waals surface area contributed by atoms with Gasteiger partial charge in [-0.05, 0) is 56.0 Å². The Morgan fingerprint density at radius 3 is 2.28 bits per heavy atom. The molecular formula is C24H32N2O3. The molecule has 0 aromatic heterocycles. The third-order valence-corrected chi connectivity index (χ3v) is 4.93. The summed E-state index contributed by atoms with van der Waals surface area (Å²) in [5.41, 5.74) is 3.01. The molecule has 2 aromatic rings. The lowest BCUT2D eigenvalue weighted by molar-refractivity contribution is -0.141. The van der Waals surface area contributed by atoms with Crippen LogP contribution >= 0.6 is 0 Å². The molecule has 29 heavy (non-hydrogen) atoms. The summed E-state index contributed by atoms with van der Waals surface area (Å²) in [6.07, 6.45) is 0.822. The second-order valence-corrected chi connectivity index (χ2v) is 7.56. The molecule has 1 atom stereocenters. The van der Waals surface area contributed by atoms with E-state index in [1.165, 1.54) is 0 Å². The summed E-state index contributed by atoms with van der Waals surface area (Å²) in [4.78, 5) is 27.8. The van der Waals surface area contributed by atoms with Crippen LogP contribution in [0.5, 0.6) is 5.75 Å². The van der Waals surface area contributed by atoms with E-state index in [0.717, 1.165) is 22.4 Å². The van der Waals surface area contributed by atoms with E-state index in [2.05, 4.69) is 5.32 Å². The van der Waals surface area contributed by atoms with Crippen LogP contribution in [0.4, 0.5) is 0 Å². The standard InChI is InChI=1S/C24H32N2O3/c1-6-22(24(28)25-17(2)3)26(16-19-11-13-21(29-5)14-12-19)23(27)15-20-10-8-7-9-18(20)4/h7-14,17,22H,6,15-16H2,1-5H3,(H,25,28). The monoisotopic (exact) mass is 396 g/mol. The fraction of sp³-hybridized carbons (Fsp3) is 0.417. The van der Waals surface area contributed by atoms with Crippen LogP contribution in [0.3, 0.4) is 0 Å². The predicted octanol–water partition coefficient (Wildman–Crippen LogP) is 3.88. The molecule has 0 spiro atoms. The van der Waals surface area contributed by atoms with Gasteiger partial charge in [-0.1, -0.05) is 43.3 Å². The Balaban J connectivity index is 2.30. The number of carbonyl (C=O) groups excluding carboxylic acids is 2. The summed E-state index contributed by atoms with van der Waals surface area (Å²) < 4.78 is 5.22. The van der Waals surface area contributed by atoms with Crippen molar-refractivity contribution in [3.63, 3.8) is 0 Å². The van der Waals surface area contributed by atoms with Crippen LogP contribution in [-0.4, -0.2) is 35.9 Å². The average Bonchev–Trinajstić information content (AvgIpc) is 2.69. The Kier molecular flexibility index (Phi) is 8.25. The van der Waals surface area contributed by atoms with Crippen LogP contribution < -0.4 is 10.1 Å². The number of nitrogens with zero attached hydrogens (tertiary/aromatic N) is 1. The van der Waals surface area contributed by atoms with Crippen molar-refractivity contribution < 1.29 is 14.3 Å². The summed E-state index contributed by atoms with van der Waals surface area (Å²) in [5, 5.41) is 2.96. The van der Waals surface area contributed by atoms with Crippen molar-refractivity contribution in [3.8, 4) is 5.75 Å². The number of hydrogen-bond acceptors (Lipinski definition) is 3. The highest BCUT2D eigenvalue weighted by Crippen LogP contribution is 2.18. The molecule has 156 valence electrons. The van der Waals surface area contributed by atoms with Crippen LogP contribution in [0.15, 0.2) is 48.5 Å². The summed E-state index contributed by atoms with van der Waals surface area (Å²) in [7, 11) is 1.62. The molecule has 0 bridgehead atoms. The van der Waals surface area contributed by atoms with Gasteiger partial charge in [-0.15, -0.1) is 0 Å². The summed E-state index contributed by atoms with van der Waals surface area (Å²) in [5.74, 6) is 0.589. The van der Waals surface area contributed by atoms with Gasteiger partial charge in [0, 0.05) is 12.6 Å². The van der Waals surface area contributed by atoms with Crippen LogP contribution in [0.25, 0.3) is 0 Å². The lowest BCUT2D eigenvalue weighted by Crippen LogP contribution is -2.50. The molecule has 0 aliphatic heterocycles. The smallest absolute Gasteiger partial charge is 0.243 e. The van der Waals surface area contributed by atoms with Gasteiger partial charge >= 0.3 is 0 Å². The van der Waals surface area contributed by atoms with Gasteiger partial charge in [0.05, 0.1) is 13.5 Å². The molecule has 2 rings (SSSR count). The summed E-state index contributed by atoms with van der Waals surface area (Å²) >= 11 is 0. The van der Waals surface area contributed by atoms with E-state index in [-0.39, 0.29) is 24.3 Å². The predicted molar refractivity (Wildman–Crippen MR) is 116 cm³/mol. The van der Waals surface area contributed by atoms with Gasteiger partial charge in [0.25, 0.3) is 0 Å². The average molecular weight is 397 g/mol. The first-order chi connectivity index (χ1) is 13.8. The second-order valence-electron chi connectivity index (χ2n) is 7.56. The zero-order chi connectivity index (χ0) is 21.4. The number of methoxy groups -OCH3 is 1. The van der Waals surface area contributed by atoms with Gasteiger partial charge in [-0.2, -0.15) is 0 Å². The van der Waals surface area contributed by atoms with E-state index in [1.807, 2.05) is 76.2 Å². The Bertz CT molecular complexity index is 815. The molecule has 1 unspecified atom stereocenters. The molecule has 5 nitrogen and oxygen atoms in total. The molecule has 2 aromatic carbocycles. The van der Waals surface area contributed by atoms with Crippen molar-refractivity contribution in [1.29, 1.82) is 0 Å². The van der Waals surface area contributed by atoms with Crippen LogP contribution in [0, 0.1) is 6.92 Å². The maximum absolute atomic E-state index is 13.3. The molecule has 0 aliphatic carbocycles. The van der Waals surface area contributed by atoms with Crippen LogP contribution in [0.1, 0.15) is 43.9 Å². The van der Waals surface area contributed by atoms with Gasteiger partial charge in [0.1, 0.15) is 11.8 Å². The Morgan fingerprint density at radius 1 is 1.07 bits per heavy atom. The van der Waals surface area contributed by atoms with Crippen LogP contribution in [-0.2, 0) is 22.6 Å². The molecule has 0 saturated carbocycles. The molecule has 1 N–H and O–H groups in total. The SMILES string of the molecule is CCC(C(=O)NC(C)C)N(Cc1ccc(OC)cc1)C(=O)Cc1ccccc1C. The molecule has 0 saturated heterocycles. The number of hydrogen-bond donors (Lipinski definition) is 1. The van der Waals surface area contributed by atoms with E-state index in [9.17, 15) is 9.59 Å². The Morgan fingerprint density at radius 2 is 1.72 bits per heavy atom. The number of benzene rings is 2. The number of rotatable bonds is 9. The lowest BCUT2D eigenvalue weighted by Gasteiger charge is -2.31. The summed E-state index contributed by atoms with van der Waals surface area (Å²) in [6, 6.07) is 15.0. The highest BCUT2D eigenvalue weighted by molar-refractivity contribution is 5.88. The first kappa shape index (κ1) is 22.5. The largest absolute Gasteiger partial charge is 0.497 e. The van der Waals surface area contributed by atoms with Gasteiger partial charge in [0.2, 0.25) is 11.8 Å². The molecule has 0 radical (unpaired) electrons. The fourth-order valence-corrected chi connectivity index (χ4v) is 3.30. The molecule has 2 amide bonds. The first-order valence-corrected chi connectivity index (χ1v) is 10.1. The minimum absolute atomic E-state index is 0.0193. The van der Waals surface area contributed by atoms with E-state index in [0.29, 0.717) is 13.0 Å². The van der Waals surface area contributed by atoms with Crippen molar-refractivity contribution in [2.45, 2.75) is 59.2 Å². The number of amides is 2. The molecule has 0 aliphatic rings. The third kappa shape index (κ3) is 6.34. The minimum Gasteiger partial charge on any atom is -0.497 e.